The number of amides is 1. The minimum atomic E-state index is 0.148. The van der Waals surface area contributed by atoms with E-state index in [0.717, 1.165) is 19.4 Å². The molecule has 21 heavy (non-hydrogen) atoms. The van der Waals surface area contributed by atoms with Gasteiger partial charge in [-0.05, 0) is 19.8 Å². The van der Waals surface area contributed by atoms with Crippen molar-refractivity contribution >= 4 is 23.8 Å². The molecule has 1 amide bonds. The number of hydrogen-bond acceptors (Lipinski definition) is 7. The summed E-state index contributed by atoms with van der Waals surface area (Å²) in [5.41, 5.74) is 0. The topological polar surface area (TPSA) is 95.1 Å². The predicted octanol–water partition coefficient (Wildman–Crippen LogP) is 0.308. The molecule has 0 saturated heterocycles. The third-order valence-electron chi connectivity index (χ3n) is 3.01. The number of anilines is 3. The maximum Gasteiger partial charge on any atom is 0.231 e. The average molecular weight is 293 g/mol. The first-order valence-corrected chi connectivity index (χ1v) is 7.29. The summed E-state index contributed by atoms with van der Waals surface area (Å²) >= 11 is 0. The first-order chi connectivity index (χ1) is 10.1. The van der Waals surface area contributed by atoms with E-state index in [1.165, 1.54) is 0 Å². The number of nitrogens with zero attached hydrogens (tertiary/aromatic N) is 4. The summed E-state index contributed by atoms with van der Waals surface area (Å²) in [4.78, 5) is 26.2. The van der Waals surface area contributed by atoms with Gasteiger partial charge in [0.05, 0.1) is 0 Å². The van der Waals surface area contributed by atoms with Crippen LogP contribution < -0.4 is 20.9 Å². The Morgan fingerprint density at radius 2 is 1.81 bits per heavy atom. The summed E-state index contributed by atoms with van der Waals surface area (Å²) in [6.07, 6.45) is 2.04. The Morgan fingerprint density at radius 1 is 1.14 bits per heavy atom. The first-order valence-electron chi connectivity index (χ1n) is 7.29. The third kappa shape index (κ3) is 4.73. The Balaban J connectivity index is 1.86. The summed E-state index contributed by atoms with van der Waals surface area (Å²) < 4.78 is 0. The summed E-state index contributed by atoms with van der Waals surface area (Å²) in [5.74, 6) is 2.02. The Kier molecular flexibility index (Phi) is 5.13. The van der Waals surface area contributed by atoms with Gasteiger partial charge in [0.15, 0.2) is 0 Å². The fraction of sp³-hybridized carbons (Fsp3) is 0.692. The number of nitrogens with one attached hydrogen (secondary N) is 3. The molecule has 0 atom stereocenters. The van der Waals surface area contributed by atoms with Crippen LogP contribution in [0.3, 0.4) is 0 Å². The van der Waals surface area contributed by atoms with Crippen molar-refractivity contribution in [1.29, 1.82) is 0 Å². The third-order valence-corrected chi connectivity index (χ3v) is 3.01. The molecule has 0 bridgehead atoms. The second-order valence-corrected chi connectivity index (χ2v) is 5.20. The Morgan fingerprint density at radius 3 is 2.38 bits per heavy atom. The van der Waals surface area contributed by atoms with Crippen LogP contribution in [0.2, 0.25) is 0 Å². The fourth-order valence-electron chi connectivity index (χ4n) is 1.73. The second-order valence-electron chi connectivity index (χ2n) is 5.20. The maximum absolute atomic E-state index is 11.5. The van der Waals surface area contributed by atoms with Gasteiger partial charge in [-0.25, -0.2) is 0 Å². The van der Waals surface area contributed by atoms with Crippen LogP contribution >= 0.6 is 0 Å². The largest absolute Gasteiger partial charge is 0.354 e. The molecule has 1 aromatic heterocycles. The Hall–Kier alpha value is -2.12. The van der Waals surface area contributed by atoms with Crippen molar-refractivity contribution < 1.29 is 4.79 Å². The lowest BCUT2D eigenvalue weighted by Crippen LogP contribution is -2.30. The molecule has 8 heteroatoms. The highest BCUT2D eigenvalue weighted by molar-refractivity contribution is 5.80. The molecule has 0 aliphatic heterocycles. The van der Waals surface area contributed by atoms with E-state index < -0.39 is 0 Å². The number of hydrogen-bond donors (Lipinski definition) is 3. The molecule has 1 saturated carbocycles. The van der Waals surface area contributed by atoms with Gasteiger partial charge in [0.2, 0.25) is 23.8 Å². The maximum atomic E-state index is 11.5. The van der Waals surface area contributed by atoms with Gasteiger partial charge in [0, 0.05) is 39.6 Å². The summed E-state index contributed by atoms with van der Waals surface area (Å²) in [6.45, 7) is 3.88. The van der Waals surface area contributed by atoms with E-state index in [0.29, 0.717) is 30.9 Å². The quantitative estimate of drug-likeness (QED) is 0.594. The summed E-state index contributed by atoms with van der Waals surface area (Å²) in [5, 5.41) is 9.08. The molecule has 1 fully saturated rings. The molecule has 2 rings (SSSR count). The van der Waals surface area contributed by atoms with Crippen molar-refractivity contribution in [2.24, 2.45) is 5.92 Å². The molecule has 0 radical (unpaired) electrons. The van der Waals surface area contributed by atoms with E-state index in [1.54, 1.807) is 0 Å². The molecule has 3 N–H and O–H groups in total. The van der Waals surface area contributed by atoms with Crippen LogP contribution in [0.5, 0.6) is 0 Å². The van der Waals surface area contributed by atoms with Crippen molar-refractivity contribution in [2.75, 3.05) is 49.3 Å². The number of carbonyl (C=O) groups is 1. The molecular formula is C13H23N7O. The minimum absolute atomic E-state index is 0.148. The molecule has 8 nitrogen and oxygen atoms in total. The highest BCUT2D eigenvalue weighted by atomic mass is 16.2. The van der Waals surface area contributed by atoms with Gasteiger partial charge in [-0.1, -0.05) is 0 Å². The van der Waals surface area contributed by atoms with Crippen molar-refractivity contribution in [3.63, 3.8) is 0 Å². The molecule has 1 aliphatic rings. The van der Waals surface area contributed by atoms with Gasteiger partial charge in [-0.3, -0.25) is 4.79 Å². The molecular weight excluding hydrogens is 270 g/mol. The fourth-order valence-corrected chi connectivity index (χ4v) is 1.73. The second kappa shape index (κ2) is 7.05. The monoisotopic (exact) mass is 293 g/mol. The standard InChI is InChI=1S/C13H23N7O/c1-4-14-11-17-12(19-13(18-11)20(2)3)16-8-7-15-10(21)9-5-6-9/h9H,4-8H2,1-3H3,(H,15,21)(H2,14,16,17,18,19). The molecule has 1 aromatic rings. The number of carbonyl (C=O) groups excluding carboxylic acids is 1. The van der Waals surface area contributed by atoms with Gasteiger partial charge in [-0.15, -0.1) is 0 Å². The summed E-state index contributed by atoms with van der Waals surface area (Å²) in [7, 11) is 3.76. The Labute approximate surface area is 124 Å². The molecule has 0 spiro atoms. The molecule has 116 valence electrons. The normalized spacial score (nSPS) is 13.7. The van der Waals surface area contributed by atoms with Crippen LogP contribution in [-0.2, 0) is 4.79 Å². The number of rotatable bonds is 8. The zero-order valence-electron chi connectivity index (χ0n) is 12.8. The molecule has 1 heterocycles. The van der Waals surface area contributed by atoms with Crippen LogP contribution in [0.1, 0.15) is 19.8 Å². The van der Waals surface area contributed by atoms with Crippen LogP contribution in [0, 0.1) is 5.92 Å². The highest BCUT2D eigenvalue weighted by Gasteiger charge is 2.28. The molecule has 0 unspecified atom stereocenters. The van der Waals surface area contributed by atoms with Gasteiger partial charge in [0.1, 0.15) is 0 Å². The lowest BCUT2D eigenvalue weighted by Gasteiger charge is -2.13. The van der Waals surface area contributed by atoms with Crippen LogP contribution in [0.15, 0.2) is 0 Å². The van der Waals surface area contributed by atoms with Crippen molar-refractivity contribution in [2.45, 2.75) is 19.8 Å². The summed E-state index contributed by atoms with van der Waals surface area (Å²) in [6, 6.07) is 0. The van der Waals surface area contributed by atoms with Gasteiger partial charge < -0.3 is 20.9 Å². The van der Waals surface area contributed by atoms with Crippen LogP contribution in [-0.4, -0.2) is 54.6 Å². The Bertz CT molecular complexity index is 487. The molecule has 0 aromatic carbocycles. The molecule has 1 aliphatic carbocycles. The van der Waals surface area contributed by atoms with Crippen molar-refractivity contribution in [3.05, 3.63) is 0 Å². The highest BCUT2D eigenvalue weighted by Crippen LogP contribution is 2.28. The number of aromatic nitrogens is 3. The average Bonchev–Trinajstić information content (AvgIpc) is 3.28. The smallest absolute Gasteiger partial charge is 0.231 e. The van der Waals surface area contributed by atoms with E-state index >= 15 is 0 Å². The predicted molar refractivity (Wildman–Crippen MR) is 82.5 cm³/mol. The van der Waals surface area contributed by atoms with E-state index in [1.807, 2.05) is 25.9 Å². The zero-order valence-corrected chi connectivity index (χ0v) is 12.8. The van der Waals surface area contributed by atoms with E-state index in [9.17, 15) is 4.79 Å². The lowest BCUT2D eigenvalue weighted by molar-refractivity contribution is -0.122. The van der Waals surface area contributed by atoms with E-state index in [2.05, 4.69) is 30.9 Å². The first kappa shape index (κ1) is 15.3. The SMILES string of the molecule is CCNc1nc(NCCNC(=O)C2CC2)nc(N(C)C)n1. The van der Waals surface area contributed by atoms with E-state index in [-0.39, 0.29) is 11.8 Å². The zero-order chi connectivity index (χ0) is 15.2. The van der Waals surface area contributed by atoms with Crippen LogP contribution in [0.4, 0.5) is 17.8 Å². The van der Waals surface area contributed by atoms with Gasteiger partial charge in [0.25, 0.3) is 0 Å². The minimum Gasteiger partial charge on any atom is -0.354 e. The van der Waals surface area contributed by atoms with Crippen LogP contribution in [0.25, 0.3) is 0 Å². The van der Waals surface area contributed by atoms with Gasteiger partial charge >= 0.3 is 0 Å². The van der Waals surface area contributed by atoms with Crippen molar-refractivity contribution in [1.82, 2.24) is 20.3 Å². The van der Waals surface area contributed by atoms with E-state index in [4.69, 9.17) is 0 Å². The van der Waals surface area contributed by atoms with Gasteiger partial charge in [-0.2, -0.15) is 15.0 Å². The lowest BCUT2D eigenvalue weighted by atomic mass is 10.4. The van der Waals surface area contributed by atoms with Crippen molar-refractivity contribution in [3.8, 4) is 0 Å².